The first kappa shape index (κ1) is 17.7. The SMILES string of the molecule is Cc1[nH]c(=O)[nH]c(=O)c1S(=O)(=O)N1CCN(c2ccccc2Cl)CC1. The van der Waals surface area contributed by atoms with Crippen LogP contribution in [-0.2, 0) is 10.0 Å². The molecule has 1 fully saturated rings. The van der Waals surface area contributed by atoms with Gasteiger partial charge in [0.2, 0.25) is 10.0 Å². The second-order valence-electron chi connectivity index (χ2n) is 5.70. The third-order valence-electron chi connectivity index (χ3n) is 4.10. The highest BCUT2D eigenvalue weighted by atomic mass is 35.5. The molecule has 0 spiro atoms. The number of benzene rings is 1. The second-order valence-corrected chi connectivity index (χ2v) is 7.99. The van der Waals surface area contributed by atoms with E-state index < -0.39 is 26.2 Å². The zero-order valence-electron chi connectivity index (χ0n) is 13.5. The number of halogens is 1. The molecule has 10 heteroatoms. The van der Waals surface area contributed by atoms with Gasteiger partial charge in [0.25, 0.3) is 5.56 Å². The summed E-state index contributed by atoms with van der Waals surface area (Å²) < 4.78 is 26.8. The average molecular weight is 385 g/mol. The molecule has 1 saturated heterocycles. The summed E-state index contributed by atoms with van der Waals surface area (Å²) in [5.74, 6) is 0. The third kappa shape index (κ3) is 3.35. The summed E-state index contributed by atoms with van der Waals surface area (Å²) in [4.78, 5) is 29.1. The number of H-pyrrole nitrogens is 2. The number of nitrogens with one attached hydrogen (secondary N) is 2. The number of para-hydroxylation sites is 1. The van der Waals surface area contributed by atoms with Crippen molar-refractivity contribution in [2.45, 2.75) is 11.8 Å². The van der Waals surface area contributed by atoms with Gasteiger partial charge < -0.3 is 9.88 Å². The van der Waals surface area contributed by atoms with E-state index in [1.807, 2.05) is 28.1 Å². The molecule has 8 nitrogen and oxygen atoms in total. The minimum Gasteiger partial charge on any atom is -0.368 e. The number of rotatable bonds is 3. The van der Waals surface area contributed by atoms with Crippen LogP contribution in [-0.4, -0.2) is 48.9 Å². The Morgan fingerprint density at radius 1 is 1.04 bits per heavy atom. The van der Waals surface area contributed by atoms with Gasteiger partial charge in [-0.3, -0.25) is 9.78 Å². The summed E-state index contributed by atoms with van der Waals surface area (Å²) in [6.45, 7) is 2.72. The lowest BCUT2D eigenvalue weighted by Crippen LogP contribution is -2.50. The van der Waals surface area contributed by atoms with Gasteiger partial charge in [-0.15, -0.1) is 0 Å². The van der Waals surface area contributed by atoms with Gasteiger partial charge in [-0.05, 0) is 19.1 Å². The van der Waals surface area contributed by atoms with Crippen LogP contribution in [0.3, 0.4) is 0 Å². The van der Waals surface area contributed by atoms with Crippen molar-refractivity contribution in [3.8, 4) is 0 Å². The predicted octanol–water partition coefficient (Wildman–Crippen LogP) is 0.536. The monoisotopic (exact) mass is 384 g/mol. The van der Waals surface area contributed by atoms with Crippen LogP contribution in [0.5, 0.6) is 0 Å². The Bertz CT molecular complexity index is 1010. The number of hydrogen-bond acceptors (Lipinski definition) is 5. The zero-order valence-corrected chi connectivity index (χ0v) is 15.0. The molecule has 1 aromatic heterocycles. The third-order valence-corrected chi connectivity index (χ3v) is 6.48. The quantitative estimate of drug-likeness (QED) is 0.803. The molecular formula is C15H17ClN4O4S. The van der Waals surface area contributed by atoms with Crippen molar-refractivity contribution in [3.05, 3.63) is 55.8 Å². The van der Waals surface area contributed by atoms with E-state index in [9.17, 15) is 18.0 Å². The predicted molar refractivity (Wildman–Crippen MR) is 94.8 cm³/mol. The fourth-order valence-electron chi connectivity index (χ4n) is 2.91. The fourth-order valence-corrected chi connectivity index (χ4v) is 4.79. The minimum absolute atomic E-state index is 0.0299. The van der Waals surface area contributed by atoms with Crippen LogP contribution >= 0.6 is 11.6 Å². The fraction of sp³-hybridized carbons (Fsp3) is 0.333. The summed E-state index contributed by atoms with van der Waals surface area (Å²) in [5, 5.41) is 0.603. The van der Waals surface area contributed by atoms with Crippen LogP contribution < -0.4 is 16.1 Å². The molecule has 1 aromatic carbocycles. The molecule has 3 rings (SSSR count). The Labute approximate surface area is 149 Å². The Balaban J connectivity index is 1.84. The van der Waals surface area contributed by atoms with E-state index in [4.69, 9.17) is 11.6 Å². The molecule has 0 aliphatic carbocycles. The number of aromatic nitrogens is 2. The van der Waals surface area contributed by atoms with Crippen LogP contribution in [0.25, 0.3) is 0 Å². The van der Waals surface area contributed by atoms with E-state index in [1.54, 1.807) is 6.07 Å². The van der Waals surface area contributed by atoms with Gasteiger partial charge in [-0.2, -0.15) is 4.31 Å². The van der Waals surface area contributed by atoms with Crippen molar-refractivity contribution in [1.82, 2.24) is 14.3 Å². The molecule has 1 aliphatic rings. The minimum atomic E-state index is -4.00. The molecular weight excluding hydrogens is 368 g/mol. The topological polar surface area (TPSA) is 106 Å². The second kappa shape index (κ2) is 6.66. The molecule has 0 bridgehead atoms. The Hall–Kier alpha value is -2.10. The van der Waals surface area contributed by atoms with Gasteiger partial charge in [0.05, 0.1) is 10.7 Å². The maximum Gasteiger partial charge on any atom is 0.325 e. The summed E-state index contributed by atoms with van der Waals surface area (Å²) >= 11 is 6.18. The first-order chi connectivity index (χ1) is 11.8. The van der Waals surface area contributed by atoms with E-state index in [0.29, 0.717) is 18.1 Å². The van der Waals surface area contributed by atoms with Crippen molar-refractivity contribution < 1.29 is 8.42 Å². The zero-order chi connectivity index (χ0) is 18.2. The van der Waals surface area contributed by atoms with Crippen LogP contribution in [0.2, 0.25) is 5.02 Å². The summed E-state index contributed by atoms with van der Waals surface area (Å²) in [6, 6.07) is 7.36. The lowest BCUT2D eigenvalue weighted by atomic mass is 10.2. The number of hydrogen-bond donors (Lipinski definition) is 2. The average Bonchev–Trinajstić information content (AvgIpc) is 2.54. The maximum atomic E-state index is 12.8. The number of anilines is 1. The largest absolute Gasteiger partial charge is 0.368 e. The molecule has 1 aliphatic heterocycles. The smallest absolute Gasteiger partial charge is 0.325 e. The van der Waals surface area contributed by atoms with Crippen LogP contribution in [0.15, 0.2) is 38.8 Å². The molecule has 2 heterocycles. The van der Waals surface area contributed by atoms with E-state index in [2.05, 4.69) is 4.98 Å². The Morgan fingerprint density at radius 2 is 1.68 bits per heavy atom. The van der Waals surface area contributed by atoms with Gasteiger partial charge in [0, 0.05) is 31.9 Å². The maximum absolute atomic E-state index is 12.8. The van der Waals surface area contributed by atoms with E-state index >= 15 is 0 Å². The van der Waals surface area contributed by atoms with E-state index in [-0.39, 0.29) is 18.8 Å². The molecule has 0 unspecified atom stereocenters. The normalized spacial score (nSPS) is 16.2. The number of sulfonamides is 1. The summed E-state index contributed by atoms with van der Waals surface area (Å²) in [6.07, 6.45) is 0. The van der Waals surface area contributed by atoms with Gasteiger partial charge >= 0.3 is 5.69 Å². The number of piperazine rings is 1. The Morgan fingerprint density at radius 3 is 2.28 bits per heavy atom. The molecule has 0 amide bonds. The number of aryl methyl sites for hydroxylation is 1. The van der Waals surface area contributed by atoms with Crippen molar-refractivity contribution in [2.24, 2.45) is 0 Å². The van der Waals surface area contributed by atoms with Gasteiger partial charge in [0.1, 0.15) is 0 Å². The highest BCUT2D eigenvalue weighted by Gasteiger charge is 2.32. The van der Waals surface area contributed by atoms with Crippen molar-refractivity contribution in [3.63, 3.8) is 0 Å². The van der Waals surface area contributed by atoms with Crippen LogP contribution in [0.4, 0.5) is 5.69 Å². The van der Waals surface area contributed by atoms with Crippen molar-refractivity contribution in [2.75, 3.05) is 31.1 Å². The molecule has 0 atom stereocenters. The molecule has 0 radical (unpaired) electrons. The van der Waals surface area contributed by atoms with Gasteiger partial charge in [0.15, 0.2) is 4.90 Å². The summed E-state index contributed by atoms with van der Waals surface area (Å²) in [5.41, 5.74) is -0.763. The highest BCUT2D eigenvalue weighted by molar-refractivity contribution is 7.89. The lowest BCUT2D eigenvalue weighted by Gasteiger charge is -2.35. The summed E-state index contributed by atoms with van der Waals surface area (Å²) in [7, 11) is -4.00. The molecule has 134 valence electrons. The van der Waals surface area contributed by atoms with Crippen LogP contribution in [0, 0.1) is 6.92 Å². The molecule has 2 aromatic rings. The molecule has 0 saturated carbocycles. The first-order valence-corrected chi connectivity index (χ1v) is 9.45. The molecule has 25 heavy (non-hydrogen) atoms. The standard InChI is InChI=1S/C15H17ClN4O4S/c1-10-13(14(21)18-15(22)17-10)25(23,24)20-8-6-19(7-9-20)12-5-3-2-4-11(12)16/h2-5H,6-9H2,1H3,(H2,17,18,21,22). The highest BCUT2D eigenvalue weighted by Crippen LogP contribution is 2.27. The lowest BCUT2D eigenvalue weighted by molar-refractivity contribution is 0.384. The van der Waals surface area contributed by atoms with E-state index in [1.165, 1.54) is 11.2 Å². The number of nitrogens with zero attached hydrogens (tertiary/aromatic N) is 2. The Kier molecular flexibility index (Phi) is 4.72. The number of aromatic amines is 2. The molecule has 2 N–H and O–H groups in total. The van der Waals surface area contributed by atoms with Gasteiger partial charge in [-0.1, -0.05) is 23.7 Å². The van der Waals surface area contributed by atoms with Crippen molar-refractivity contribution in [1.29, 1.82) is 0 Å². The van der Waals surface area contributed by atoms with Gasteiger partial charge in [-0.25, -0.2) is 13.2 Å². The van der Waals surface area contributed by atoms with Crippen molar-refractivity contribution >= 4 is 27.3 Å². The first-order valence-electron chi connectivity index (χ1n) is 7.63. The van der Waals surface area contributed by atoms with Crippen LogP contribution in [0.1, 0.15) is 5.69 Å². The van der Waals surface area contributed by atoms with E-state index in [0.717, 1.165) is 5.69 Å².